The maximum Gasteiger partial charge on any atom is 0.355 e. The molecule has 9 heteroatoms. The smallest absolute Gasteiger partial charge is 0.355 e. The molecule has 1 heterocycles. The summed E-state index contributed by atoms with van der Waals surface area (Å²) in [6.07, 6.45) is 0. The molecule has 1 aromatic heterocycles. The Kier molecular flexibility index (Phi) is 5.84. The van der Waals surface area contributed by atoms with Crippen molar-refractivity contribution >= 4 is 23.3 Å². The van der Waals surface area contributed by atoms with Crippen LogP contribution in [0.5, 0.6) is 5.75 Å². The first-order valence-corrected chi connectivity index (χ1v) is 8.19. The number of nitro benzene ring substituents is 1. The Balaban J connectivity index is 2.41. The first-order chi connectivity index (χ1) is 12.7. The molecule has 0 unspecified atom stereocenters. The van der Waals surface area contributed by atoms with Gasteiger partial charge < -0.3 is 19.4 Å². The van der Waals surface area contributed by atoms with Crippen molar-refractivity contribution in [3.8, 4) is 5.75 Å². The van der Waals surface area contributed by atoms with E-state index in [1.807, 2.05) is 0 Å². The molecule has 1 aromatic carbocycles. The monoisotopic (exact) mass is 375 g/mol. The zero-order valence-corrected chi connectivity index (χ0v) is 15.8. The molecule has 0 bridgehead atoms. The van der Waals surface area contributed by atoms with Crippen LogP contribution in [-0.4, -0.2) is 35.1 Å². The Bertz CT molecular complexity index is 916. The van der Waals surface area contributed by atoms with Gasteiger partial charge in [-0.2, -0.15) is 0 Å². The molecular formula is C18H21N3O6. The minimum atomic E-state index is -0.550. The van der Waals surface area contributed by atoms with Gasteiger partial charge in [0.25, 0.3) is 11.6 Å². The molecule has 2 rings (SSSR count). The fraction of sp³-hybridized carbons (Fsp3) is 0.333. The van der Waals surface area contributed by atoms with E-state index >= 15 is 0 Å². The molecule has 0 aliphatic rings. The highest BCUT2D eigenvalue weighted by Crippen LogP contribution is 2.30. The first kappa shape index (κ1) is 20.0. The van der Waals surface area contributed by atoms with Crippen molar-refractivity contribution in [2.24, 2.45) is 7.05 Å². The second-order valence-electron chi connectivity index (χ2n) is 5.81. The molecule has 0 spiro atoms. The van der Waals surface area contributed by atoms with Gasteiger partial charge >= 0.3 is 5.97 Å². The number of aromatic nitrogens is 1. The number of carbonyl (C=O) groups excluding carboxylic acids is 2. The number of methoxy groups -OCH3 is 1. The minimum absolute atomic E-state index is 0.151. The van der Waals surface area contributed by atoms with E-state index in [0.29, 0.717) is 22.5 Å². The number of carbonyl (C=O) groups is 2. The van der Waals surface area contributed by atoms with Crippen LogP contribution in [0, 0.1) is 24.0 Å². The third-order valence-corrected chi connectivity index (χ3v) is 4.27. The van der Waals surface area contributed by atoms with Gasteiger partial charge in [0.15, 0.2) is 0 Å². The van der Waals surface area contributed by atoms with Crippen LogP contribution in [0.15, 0.2) is 18.2 Å². The molecule has 0 fully saturated rings. The highest BCUT2D eigenvalue weighted by Gasteiger charge is 2.26. The number of nitrogens with one attached hydrogen (secondary N) is 1. The molecule has 0 saturated heterocycles. The fourth-order valence-corrected chi connectivity index (χ4v) is 2.88. The summed E-state index contributed by atoms with van der Waals surface area (Å²) >= 11 is 0. The standard InChI is InChI=1S/C18H21N3O6/c1-6-27-18(23)16-10(2)15(11(3)20(16)4)17(22)19-13-8-7-12(21(24)25)9-14(13)26-5/h7-9H,6H2,1-5H3,(H,19,22). The summed E-state index contributed by atoms with van der Waals surface area (Å²) in [5.74, 6) is -0.801. The number of anilines is 1. The van der Waals surface area contributed by atoms with Crippen molar-refractivity contribution in [2.45, 2.75) is 20.8 Å². The molecule has 0 aliphatic heterocycles. The summed E-state index contributed by atoms with van der Waals surface area (Å²) < 4.78 is 11.8. The SMILES string of the molecule is CCOC(=O)c1c(C)c(C(=O)Nc2ccc([N+](=O)[O-])cc2OC)c(C)n1C. The number of hydrogen-bond donors (Lipinski definition) is 1. The van der Waals surface area contributed by atoms with E-state index in [0.717, 1.165) is 0 Å². The van der Waals surface area contributed by atoms with E-state index in [-0.39, 0.29) is 23.7 Å². The summed E-state index contributed by atoms with van der Waals surface area (Å²) in [5.41, 5.74) is 1.85. The molecule has 2 aromatic rings. The molecule has 1 N–H and O–H groups in total. The average molecular weight is 375 g/mol. The van der Waals surface area contributed by atoms with Crippen LogP contribution in [0.2, 0.25) is 0 Å². The van der Waals surface area contributed by atoms with E-state index in [1.165, 1.54) is 25.3 Å². The highest BCUT2D eigenvalue weighted by molar-refractivity contribution is 6.09. The molecule has 0 atom stereocenters. The highest BCUT2D eigenvalue weighted by atomic mass is 16.6. The zero-order chi connectivity index (χ0) is 20.3. The summed E-state index contributed by atoms with van der Waals surface area (Å²) in [5, 5.41) is 13.6. The lowest BCUT2D eigenvalue weighted by Gasteiger charge is -2.10. The Morgan fingerprint density at radius 2 is 1.96 bits per heavy atom. The van der Waals surface area contributed by atoms with Gasteiger partial charge in [0.1, 0.15) is 11.4 Å². The predicted molar refractivity (Wildman–Crippen MR) is 98.4 cm³/mol. The summed E-state index contributed by atoms with van der Waals surface area (Å²) in [4.78, 5) is 35.3. The molecule has 27 heavy (non-hydrogen) atoms. The van der Waals surface area contributed by atoms with Gasteiger partial charge in [0, 0.05) is 18.8 Å². The molecule has 1 amide bonds. The van der Waals surface area contributed by atoms with Crippen molar-refractivity contribution in [3.05, 3.63) is 50.8 Å². The lowest BCUT2D eigenvalue weighted by molar-refractivity contribution is -0.384. The number of esters is 1. The van der Waals surface area contributed by atoms with Gasteiger partial charge in [-0.3, -0.25) is 14.9 Å². The number of nitrogens with zero attached hydrogens (tertiary/aromatic N) is 2. The van der Waals surface area contributed by atoms with Crippen molar-refractivity contribution in [3.63, 3.8) is 0 Å². The molecule has 0 aliphatic carbocycles. The molecule has 0 radical (unpaired) electrons. The Labute approximate surface area is 156 Å². The normalized spacial score (nSPS) is 10.4. The van der Waals surface area contributed by atoms with Crippen LogP contribution in [0.4, 0.5) is 11.4 Å². The molecule has 0 saturated carbocycles. The van der Waals surface area contributed by atoms with Gasteiger partial charge in [-0.05, 0) is 32.4 Å². The van der Waals surface area contributed by atoms with E-state index in [1.54, 1.807) is 32.4 Å². The summed E-state index contributed by atoms with van der Waals surface area (Å²) in [6.45, 7) is 5.32. The zero-order valence-electron chi connectivity index (χ0n) is 15.8. The predicted octanol–water partition coefficient (Wildman–Crippen LogP) is 2.99. The number of amides is 1. The Hall–Kier alpha value is -3.36. The van der Waals surface area contributed by atoms with Gasteiger partial charge in [0.2, 0.25) is 0 Å². The summed E-state index contributed by atoms with van der Waals surface area (Å²) in [6, 6.07) is 3.89. The Morgan fingerprint density at radius 1 is 1.30 bits per heavy atom. The summed E-state index contributed by atoms with van der Waals surface area (Å²) in [7, 11) is 3.03. The largest absolute Gasteiger partial charge is 0.494 e. The number of rotatable bonds is 6. The van der Waals surface area contributed by atoms with Crippen LogP contribution in [0.3, 0.4) is 0 Å². The quantitative estimate of drug-likeness (QED) is 0.472. The number of benzene rings is 1. The van der Waals surface area contributed by atoms with Gasteiger partial charge in [-0.15, -0.1) is 0 Å². The first-order valence-electron chi connectivity index (χ1n) is 8.19. The van der Waals surface area contributed by atoms with Gasteiger partial charge in [-0.25, -0.2) is 4.79 Å². The van der Waals surface area contributed by atoms with E-state index in [4.69, 9.17) is 9.47 Å². The number of nitro groups is 1. The van der Waals surface area contributed by atoms with E-state index in [2.05, 4.69) is 5.32 Å². The maximum absolute atomic E-state index is 12.8. The van der Waals surface area contributed by atoms with Crippen LogP contribution in [-0.2, 0) is 11.8 Å². The third kappa shape index (κ3) is 3.76. The van der Waals surface area contributed by atoms with Gasteiger partial charge in [0.05, 0.1) is 36.0 Å². The molecule has 9 nitrogen and oxygen atoms in total. The van der Waals surface area contributed by atoms with Crippen molar-refractivity contribution < 1.29 is 24.0 Å². The third-order valence-electron chi connectivity index (χ3n) is 4.27. The molecular weight excluding hydrogens is 354 g/mol. The second kappa shape index (κ2) is 7.90. The van der Waals surface area contributed by atoms with Crippen molar-refractivity contribution in [1.29, 1.82) is 0 Å². The van der Waals surface area contributed by atoms with Crippen LogP contribution < -0.4 is 10.1 Å². The maximum atomic E-state index is 12.8. The topological polar surface area (TPSA) is 113 Å². The van der Waals surface area contributed by atoms with Crippen molar-refractivity contribution in [2.75, 3.05) is 19.0 Å². The Morgan fingerprint density at radius 3 is 2.52 bits per heavy atom. The second-order valence-corrected chi connectivity index (χ2v) is 5.81. The van der Waals surface area contributed by atoms with Crippen molar-refractivity contribution in [1.82, 2.24) is 4.57 Å². The van der Waals surface area contributed by atoms with Crippen LogP contribution in [0.1, 0.15) is 39.0 Å². The van der Waals surface area contributed by atoms with E-state index in [9.17, 15) is 19.7 Å². The van der Waals surface area contributed by atoms with Gasteiger partial charge in [-0.1, -0.05) is 0 Å². The number of ether oxygens (including phenoxy) is 2. The van der Waals surface area contributed by atoms with Crippen LogP contribution in [0.25, 0.3) is 0 Å². The lowest BCUT2D eigenvalue weighted by Crippen LogP contribution is -2.15. The lowest BCUT2D eigenvalue weighted by atomic mass is 10.1. The molecule has 144 valence electrons. The average Bonchev–Trinajstić information content (AvgIpc) is 2.84. The minimum Gasteiger partial charge on any atom is -0.494 e. The van der Waals surface area contributed by atoms with E-state index < -0.39 is 16.8 Å². The number of non-ortho nitro benzene ring substituents is 1. The fourth-order valence-electron chi connectivity index (χ4n) is 2.88. The van der Waals surface area contributed by atoms with Crippen LogP contribution >= 0.6 is 0 Å². The number of hydrogen-bond acceptors (Lipinski definition) is 6.